The number of unbranched alkanes of at least 4 members (excludes halogenated alkanes) is 6. The zero-order valence-corrected chi connectivity index (χ0v) is 23.8. The summed E-state index contributed by atoms with van der Waals surface area (Å²) in [6, 6.07) is 14.9. The number of nitrogens with zero attached hydrogens (tertiary/aromatic N) is 3. The van der Waals surface area contributed by atoms with Crippen LogP contribution in [0.3, 0.4) is 0 Å². The second-order valence-corrected chi connectivity index (χ2v) is 11.9. The maximum Gasteiger partial charge on any atom is 0.461 e. The largest absolute Gasteiger partial charge is 0.508 e. The van der Waals surface area contributed by atoms with Gasteiger partial charge in [0.1, 0.15) is 5.75 Å². The summed E-state index contributed by atoms with van der Waals surface area (Å²) in [5, 5.41) is 17.2. The standard InChI is InChI=1S/C27H33N3OS3Si/c1-2-3-4-5-6-7-8-10-23-12-14-24(15-13-23)27-17-16-26(31)19-25(27)11-9-18-35(28-20-32,29-21-33)30-22-34/h12-17,19,31H,2-11,18H2,1H3. The minimum atomic E-state index is -2.93. The normalized spacial score (nSPS) is 12.0. The van der Waals surface area contributed by atoms with Crippen molar-refractivity contribution < 1.29 is 5.11 Å². The van der Waals surface area contributed by atoms with Gasteiger partial charge in [-0.05, 0) is 96.7 Å². The minimum Gasteiger partial charge on any atom is -0.508 e. The van der Waals surface area contributed by atoms with E-state index in [4.69, 9.17) is 36.7 Å². The molecule has 0 spiro atoms. The zero-order chi connectivity index (χ0) is 25.4. The van der Waals surface area contributed by atoms with Gasteiger partial charge in [0.2, 0.25) is 0 Å². The smallest absolute Gasteiger partial charge is 0.461 e. The first-order chi connectivity index (χ1) is 17.1. The Kier molecular flexibility index (Phi) is 13.7. The molecule has 0 aromatic heterocycles. The van der Waals surface area contributed by atoms with E-state index in [0.29, 0.717) is 12.5 Å². The van der Waals surface area contributed by atoms with Crippen molar-refractivity contribution in [1.82, 2.24) is 0 Å². The molecular formula is C27H33N3OS3Si. The molecule has 0 saturated heterocycles. The minimum absolute atomic E-state index is 0.244. The molecule has 1 N–H and O–H groups in total. The number of aromatic hydroxyl groups is 1. The summed E-state index contributed by atoms with van der Waals surface area (Å²) in [7, 11) is -2.93. The van der Waals surface area contributed by atoms with Crippen LogP contribution in [-0.2, 0) is 12.8 Å². The van der Waals surface area contributed by atoms with E-state index in [9.17, 15) is 5.11 Å². The van der Waals surface area contributed by atoms with Crippen LogP contribution in [0.2, 0.25) is 6.04 Å². The molecule has 0 amide bonds. The molecule has 0 radical (unpaired) electrons. The van der Waals surface area contributed by atoms with Gasteiger partial charge in [-0.25, -0.2) is 14.0 Å². The highest BCUT2D eigenvalue weighted by atomic mass is 32.1. The fourth-order valence-electron chi connectivity index (χ4n) is 4.18. The van der Waals surface area contributed by atoms with Crippen LogP contribution in [0, 0.1) is 0 Å². The average Bonchev–Trinajstić information content (AvgIpc) is 2.85. The number of rotatable bonds is 16. The van der Waals surface area contributed by atoms with Crippen LogP contribution in [0.25, 0.3) is 11.1 Å². The lowest BCUT2D eigenvalue weighted by atomic mass is 9.95. The van der Waals surface area contributed by atoms with Crippen molar-refractivity contribution in [3.05, 3.63) is 53.6 Å². The van der Waals surface area contributed by atoms with Crippen LogP contribution < -0.4 is 0 Å². The molecule has 184 valence electrons. The summed E-state index contributed by atoms with van der Waals surface area (Å²) in [6.45, 7) is 2.25. The van der Waals surface area contributed by atoms with Gasteiger partial charge in [-0.1, -0.05) is 75.8 Å². The molecule has 0 aliphatic heterocycles. The van der Waals surface area contributed by atoms with Crippen molar-refractivity contribution in [2.24, 2.45) is 14.0 Å². The molecule has 0 bridgehead atoms. The van der Waals surface area contributed by atoms with Crippen LogP contribution >= 0.6 is 36.7 Å². The third-order valence-corrected chi connectivity index (χ3v) is 9.25. The van der Waals surface area contributed by atoms with Crippen molar-refractivity contribution in [1.29, 1.82) is 0 Å². The van der Waals surface area contributed by atoms with Crippen LogP contribution in [0.4, 0.5) is 0 Å². The molecule has 4 nitrogen and oxygen atoms in total. The van der Waals surface area contributed by atoms with E-state index in [1.165, 1.54) is 50.5 Å². The number of isothiocyanates is 3. The van der Waals surface area contributed by atoms with Crippen molar-refractivity contribution in [2.45, 2.75) is 77.2 Å². The maximum atomic E-state index is 10.1. The molecule has 0 fully saturated rings. The van der Waals surface area contributed by atoms with E-state index in [-0.39, 0.29) is 5.75 Å². The number of phenolic OH excluding ortho intramolecular Hbond substituents is 1. The fraction of sp³-hybridized carbons (Fsp3) is 0.444. The molecule has 35 heavy (non-hydrogen) atoms. The van der Waals surface area contributed by atoms with Gasteiger partial charge in [0.25, 0.3) is 0 Å². The highest BCUT2D eigenvalue weighted by Crippen LogP contribution is 2.30. The lowest BCUT2D eigenvalue weighted by Gasteiger charge is -2.14. The van der Waals surface area contributed by atoms with Gasteiger partial charge in [0, 0.05) is 6.04 Å². The molecule has 2 aromatic carbocycles. The Balaban J connectivity index is 2.04. The molecule has 2 rings (SSSR count). The van der Waals surface area contributed by atoms with E-state index in [1.54, 1.807) is 6.07 Å². The molecule has 0 heterocycles. The van der Waals surface area contributed by atoms with E-state index < -0.39 is 8.56 Å². The van der Waals surface area contributed by atoms with Crippen molar-refractivity contribution in [3.63, 3.8) is 0 Å². The molecule has 2 aromatic rings. The number of hydrogen-bond acceptors (Lipinski definition) is 7. The summed E-state index contributed by atoms with van der Waals surface area (Å²) in [5.41, 5.74) is 4.66. The highest BCUT2D eigenvalue weighted by molar-refractivity contribution is 7.78. The summed E-state index contributed by atoms with van der Waals surface area (Å²) < 4.78 is 12.6. The Morgan fingerprint density at radius 2 is 1.34 bits per heavy atom. The monoisotopic (exact) mass is 539 g/mol. The van der Waals surface area contributed by atoms with Gasteiger partial charge in [-0.15, -0.1) is 0 Å². The summed E-state index contributed by atoms with van der Waals surface area (Å²) in [4.78, 5) is 0. The molecule has 0 unspecified atom stereocenters. The maximum absolute atomic E-state index is 10.1. The Morgan fingerprint density at radius 1 is 0.743 bits per heavy atom. The van der Waals surface area contributed by atoms with Crippen molar-refractivity contribution >= 4 is 60.7 Å². The number of aryl methyl sites for hydroxylation is 2. The van der Waals surface area contributed by atoms with Gasteiger partial charge in [0.15, 0.2) is 0 Å². The van der Waals surface area contributed by atoms with E-state index in [2.05, 4.69) is 60.6 Å². The predicted octanol–water partition coefficient (Wildman–Crippen LogP) is 8.53. The first kappa shape index (κ1) is 29.1. The predicted molar refractivity (Wildman–Crippen MR) is 159 cm³/mol. The van der Waals surface area contributed by atoms with Crippen LogP contribution in [-0.4, -0.2) is 29.1 Å². The topological polar surface area (TPSA) is 57.3 Å². The van der Waals surface area contributed by atoms with Gasteiger partial charge in [-0.3, -0.25) is 0 Å². The molecular weight excluding hydrogens is 507 g/mol. The lowest BCUT2D eigenvalue weighted by molar-refractivity contribution is 0.474. The van der Waals surface area contributed by atoms with Crippen LogP contribution in [0.1, 0.15) is 69.4 Å². The summed E-state index contributed by atoms with van der Waals surface area (Å²) in [6.07, 6.45) is 11.8. The quantitative estimate of drug-likeness (QED) is 0.100. The van der Waals surface area contributed by atoms with Crippen LogP contribution in [0.15, 0.2) is 56.4 Å². The van der Waals surface area contributed by atoms with Gasteiger partial charge >= 0.3 is 8.56 Å². The SMILES string of the molecule is CCCCCCCCCc1ccc(-c2ccc(O)cc2CCC[Si](N=C=S)(N=C=S)N=C=S)cc1. The number of phenols is 1. The van der Waals surface area contributed by atoms with Crippen molar-refractivity contribution in [2.75, 3.05) is 0 Å². The fourth-order valence-corrected chi connectivity index (χ4v) is 7.07. The Morgan fingerprint density at radius 3 is 1.94 bits per heavy atom. The zero-order valence-electron chi connectivity index (χ0n) is 20.3. The van der Waals surface area contributed by atoms with E-state index >= 15 is 0 Å². The first-order valence-corrected chi connectivity index (χ1v) is 15.5. The van der Waals surface area contributed by atoms with Gasteiger partial charge < -0.3 is 5.11 Å². The molecule has 0 aliphatic carbocycles. The Labute approximate surface area is 226 Å². The second kappa shape index (κ2) is 16.5. The molecule has 0 aliphatic rings. The lowest BCUT2D eigenvalue weighted by Crippen LogP contribution is -2.27. The third-order valence-electron chi connectivity index (χ3n) is 6.06. The number of hydrogen-bond donors (Lipinski definition) is 1. The van der Waals surface area contributed by atoms with Crippen LogP contribution in [0.5, 0.6) is 5.75 Å². The molecule has 0 atom stereocenters. The summed E-state index contributed by atoms with van der Waals surface area (Å²) in [5.74, 6) is 0.244. The second-order valence-electron chi connectivity index (χ2n) is 8.65. The average molecular weight is 540 g/mol. The molecule has 8 heteroatoms. The number of benzene rings is 2. The highest BCUT2D eigenvalue weighted by Gasteiger charge is 2.33. The third kappa shape index (κ3) is 10.2. The van der Waals surface area contributed by atoms with Crippen molar-refractivity contribution in [3.8, 4) is 16.9 Å². The summed E-state index contributed by atoms with van der Waals surface area (Å²) >= 11 is 14.3. The molecule has 0 saturated carbocycles. The Bertz CT molecular complexity index is 1040. The van der Waals surface area contributed by atoms with E-state index in [0.717, 1.165) is 29.5 Å². The van der Waals surface area contributed by atoms with E-state index in [1.807, 2.05) is 12.1 Å². The van der Waals surface area contributed by atoms with Gasteiger partial charge in [-0.2, -0.15) is 0 Å². The van der Waals surface area contributed by atoms with Gasteiger partial charge in [0.05, 0.1) is 15.5 Å². The Hall–Kier alpha value is -2.14. The first-order valence-electron chi connectivity index (χ1n) is 12.3. The number of thiocarbonyl (C=S) groups is 3.